The minimum atomic E-state index is -3.63. The number of carbonyl (C=O) groups is 1. The first-order valence-electron chi connectivity index (χ1n) is 10.7. The van der Waals surface area contributed by atoms with Crippen LogP contribution >= 0.6 is 0 Å². The summed E-state index contributed by atoms with van der Waals surface area (Å²) >= 11 is 0. The lowest BCUT2D eigenvalue weighted by atomic mass is 9.96. The second kappa shape index (κ2) is 10.2. The van der Waals surface area contributed by atoms with Gasteiger partial charge in [0.15, 0.2) is 15.7 Å². The summed E-state index contributed by atoms with van der Waals surface area (Å²) in [7, 11) is -3.63. The number of piperidine rings is 1. The molecule has 0 radical (unpaired) electrons. The highest BCUT2D eigenvalue weighted by molar-refractivity contribution is 7.90. The van der Waals surface area contributed by atoms with Crippen molar-refractivity contribution in [2.45, 2.75) is 30.0 Å². The number of likely N-dealkylation sites (tertiary alicyclic amines) is 1. The van der Waals surface area contributed by atoms with E-state index in [-0.39, 0.29) is 28.3 Å². The van der Waals surface area contributed by atoms with Crippen molar-refractivity contribution < 1.29 is 22.1 Å². The summed E-state index contributed by atoms with van der Waals surface area (Å²) in [6.07, 6.45) is 1.75. The van der Waals surface area contributed by atoms with Crippen molar-refractivity contribution in [3.05, 3.63) is 77.7 Å². The minimum absolute atomic E-state index is 0.0644. The third-order valence-electron chi connectivity index (χ3n) is 5.69. The molecule has 0 aliphatic carbocycles. The molecule has 1 saturated heterocycles. The fourth-order valence-corrected chi connectivity index (χ4v) is 5.01. The number of halogens is 1. The molecule has 4 rings (SSSR count). The van der Waals surface area contributed by atoms with Gasteiger partial charge in [0.1, 0.15) is 11.6 Å². The number of hydrogen-bond acceptors (Lipinski definition) is 7. The molecule has 2 aromatic carbocycles. The molecule has 10 heteroatoms. The highest BCUT2D eigenvalue weighted by Gasteiger charge is 2.24. The maximum atomic E-state index is 13.8. The summed E-state index contributed by atoms with van der Waals surface area (Å²) in [4.78, 5) is 18.7. The third-order valence-corrected chi connectivity index (χ3v) is 7.32. The monoisotopic (exact) mass is 472 g/mol. The molecule has 0 saturated carbocycles. The van der Waals surface area contributed by atoms with Gasteiger partial charge in [0, 0.05) is 18.7 Å². The molecule has 33 heavy (non-hydrogen) atoms. The zero-order valence-corrected chi connectivity index (χ0v) is 18.8. The molecule has 174 valence electrons. The van der Waals surface area contributed by atoms with Gasteiger partial charge in [-0.25, -0.2) is 12.8 Å². The number of sulfone groups is 1. The van der Waals surface area contributed by atoms with Crippen LogP contribution < -0.4 is 5.32 Å². The highest BCUT2D eigenvalue weighted by Crippen LogP contribution is 2.20. The fraction of sp³-hybridized carbons (Fsp3) is 0.348. The largest absolute Gasteiger partial charge is 0.348 e. The molecule has 3 aromatic rings. The Morgan fingerprint density at radius 3 is 2.52 bits per heavy atom. The summed E-state index contributed by atoms with van der Waals surface area (Å²) in [5, 5.41) is 6.42. The van der Waals surface area contributed by atoms with Gasteiger partial charge in [-0.3, -0.25) is 9.69 Å². The number of aromatic nitrogens is 2. The molecule has 0 atom stereocenters. The molecule has 1 aliphatic heterocycles. The van der Waals surface area contributed by atoms with E-state index < -0.39 is 21.5 Å². The van der Waals surface area contributed by atoms with Gasteiger partial charge < -0.3 is 9.84 Å². The van der Waals surface area contributed by atoms with Crippen LogP contribution in [0.2, 0.25) is 0 Å². The van der Waals surface area contributed by atoms with E-state index in [0.29, 0.717) is 18.7 Å². The number of amides is 1. The predicted octanol–water partition coefficient (Wildman–Crippen LogP) is 2.82. The molecule has 1 aliphatic rings. The average molecular weight is 473 g/mol. The lowest BCUT2D eigenvalue weighted by Crippen LogP contribution is -2.38. The SMILES string of the molecule is O=C(NCC1CCN(Cc2ccccc2F)CC1)c1nc(CS(=O)(=O)c2ccccc2)no1. The van der Waals surface area contributed by atoms with E-state index in [0.717, 1.165) is 25.9 Å². The second-order valence-corrected chi connectivity index (χ2v) is 10.1. The van der Waals surface area contributed by atoms with Crippen LogP contribution in [0, 0.1) is 11.7 Å². The third kappa shape index (κ3) is 6.02. The average Bonchev–Trinajstić information content (AvgIpc) is 3.28. The molecule has 8 nitrogen and oxygen atoms in total. The van der Waals surface area contributed by atoms with Crippen molar-refractivity contribution in [1.29, 1.82) is 0 Å². The number of rotatable bonds is 8. The van der Waals surface area contributed by atoms with E-state index in [1.165, 1.54) is 18.2 Å². The molecule has 0 spiro atoms. The Labute approximate surface area is 191 Å². The van der Waals surface area contributed by atoms with Crippen molar-refractivity contribution in [1.82, 2.24) is 20.4 Å². The van der Waals surface area contributed by atoms with Gasteiger partial charge in [-0.05, 0) is 50.0 Å². The van der Waals surface area contributed by atoms with Gasteiger partial charge in [0.2, 0.25) is 0 Å². The van der Waals surface area contributed by atoms with Gasteiger partial charge in [0.25, 0.3) is 0 Å². The number of nitrogens with one attached hydrogen (secondary N) is 1. The standard InChI is InChI=1S/C23H25FN4O4S/c24-20-9-5-4-6-18(20)15-28-12-10-17(11-13-28)14-25-22(29)23-26-21(27-32-23)16-33(30,31)19-7-2-1-3-8-19/h1-9,17H,10-16H2,(H,25,29). The number of benzene rings is 2. The number of hydrogen-bond donors (Lipinski definition) is 1. The summed E-state index contributed by atoms with van der Waals surface area (Å²) < 4.78 is 43.7. The quantitative estimate of drug-likeness (QED) is 0.537. The lowest BCUT2D eigenvalue weighted by Gasteiger charge is -2.32. The molecule has 1 N–H and O–H groups in total. The topological polar surface area (TPSA) is 105 Å². The molecular formula is C23H25FN4O4S. The predicted molar refractivity (Wildman–Crippen MR) is 118 cm³/mol. The summed E-state index contributed by atoms with van der Waals surface area (Å²) in [5.41, 5.74) is 0.686. The van der Waals surface area contributed by atoms with Crippen molar-refractivity contribution in [2.24, 2.45) is 5.92 Å². The van der Waals surface area contributed by atoms with Gasteiger partial charge in [-0.2, -0.15) is 4.98 Å². The first-order valence-corrected chi connectivity index (χ1v) is 12.4. The van der Waals surface area contributed by atoms with Crippen molar-refractivity contribution in [3.63, 3.8) is 0 Å². The Bertz CT molecular complexity index is 1190. The van der Waals surface area contributed by atoms with E-state index >= 15 is 0 Å². The van der Waals surface area contributed by atoms with Crippen molar-refractivity contribution >= 4 is 15.7 Å². The van der Waals surface area contributed by atoms with Crippen LogP contribution in [0.15, 0.2) is 64.0 Å². The van der Waals surface area contributed by atoms with Gasteiger partial charge >= 0.3 is 11.8 Å². The maximum absolute atomic E-state index is 13.8. The van der Waals surface area contributed by atoms with E-state index in [2.05, 4.69) is 20.4 Å². The molecule has 1 fully saturated rings. The van der Waals surface area contributed by atoms with Gasteiger partial charge in [0.05, 0.1) is 4.90 Å². The first kappa shape index (κ1) is 23.1. The van der Waals surface area contributed by atoms with Crippen LogP contribution in [0.25, 0.3) is 0 Å². The van der Waals surface area contributed by atoms with Crippen LogP contribution in [0.5, 0.6) is 0 Å². The Balaban J connectivity index is 1.24. The zero-order valence-electron chi connectivity index (χ0n) is 18.0. The molecular weight excluding hydrogens is 447 g/mol. The van der Waals surface area contributed by atoms with Crippen molar-refractivity contribution in [3.8, 4) is 0 Å². The second-order valence-electron chi connectivity index (χ2n) is 8.11. The van der Waals surface area contributed by atoms with Crippen LogP contribution in [0.3, 0.4) is 0 Å². The van der Waals surface area contributed by atoms with Crippen LogP contribution in [0.4, 0.5) is 4.39 Å². The van der Waals surface area contributed by atoms with E-state index in [9.17, 15) is 17.6 Å². The number of carbonyl (C=O) groups excluding carboxylic acids is 1. The normalized spacial score (nSPS) is 15.4. The summed E-state index contributed by atoms with van der Waals surface area (Å²) in [5.74, 6) is -1.21. The van der Waals surface area contributed by atoms with E-state index in [4.69, 9.17) is 4.52 Å². The Hall–Kier alpha value is -3.11. The summed E-state index contributed by atoms with van der Waals surface area (Å²) in [6, 6.07) is 14.8. The molecule has 0 bridgehead atoms. The Morgan fingerprint density at radius 2 is 1.79 bits per heavy atom. The van der Waals surface area contributed by atoms with E-state index in [1.54, 1.807) is 30.3 Å². The highest BCUT2D eigenvalue weighted by atomic mass is 32.2. The molecule has 0 unspecified atom stereocenters. The van der Waals surface area contributed by atoms with E-state index in [1.807, 2.05) is 6.07 Å². The van der Waals surface area contributed by atoms with Gasteiger partial charge in [-0.1, -0.05) is 41.6 Å². The smallest absolute Gasteiger partial charge is 0.315 e. The van der Waals surface area contributed by atoms with Crippen LogP contribution in [0.1, 0.15) is 34.9 Å². The first-order chi connectivity index (χ1) is 15.9. The molecule has 1 aromatic heterocycles. The zero-order chi connectivity index (χ0) is 23.3. The Kier molecular flexibility index (Phi) is 7.14. The van der Waals surface area contributed by atoms with Crippen molar-refractivity contribution in [2.75, 3.05) is 19.6 Å². The molecule has 1 amide bonds. The molecule has 2 heterocycles. The maximum Gasteiger partial charge on any atom is 0.315 e. The van der Waals surface area contributed by atoms with Crippen LogP contribution in [-0.4, -0.2) is 49.0 Å². The number of nitrogens with zero attached hydrogens (tertiary/aromatic N) is 3. The Morgan fingerprint density at radius 1 is 1.09 bits per heavy atom. The lowest BCUT2D eigenvalue weighted by molar-refractivity contribution is 0.0891. The van der Waals surface area contributed by atoms with Crippen LogP contribution in [-0.2, 0) is 22.1 Å². The van der Waals surface area contributed by atoms with Gasteiger partial charge in [-0.15, -0.1) is 0 Å². The summed E-state index contributed by atoms with van der Waals surface area (Å²) in [6.45, 7) is 2.66. The fourth-order valence-electron chi connectivity index (χ4n) is 3.81. The minimum Gasteiger partial charge on any atom is -0.348 e.